The summed E-state index contributed by atoms with van der Waals surface area (Å²) in [7, 11) is 0. The van der Waals surface area contributed by atoms with E-state index in [9.17, 15) is 9.90 Å². The molecule has 2 aliphatic heterocycles. The highest BCUT2D eigenvalue weighted by molar-refractivity contribution is 5.68. The van der Waals surface area contributed by atoms with E-state index in [0.29, 0.717) is 12.5 Å². The normalized spacial score (nSPS) is 25.5. The summed E-state index contributed by atoms with van der Waals surface area (Å²) in [5.74, 6) is 0.358. The number of hydrogen-bond donors (Lipinski definition) is 2. The highest BCUT2D eigenvalue weighted by atomic mass is 16.6. The number of carbonyl (C=O) groups excluding carboxylic acids is 1. The maximum absolute atomic E-state index is 12.4. The lowest BCUT2D eigenvalue weighted by Gasteiger charge is -2.50. The van der Waals surface area contributed by atoms with Crippen LogP contribution in [0, 0.1) is 11.3 Å². The number of hydrogen-bond acceptors (Lipinski definition) is 5. The summed E-state index contributed by atoms with van der Waals surface area (Å²) in [6, 6.07) is 0.0683. The topological polar surface area (TPSA) is 71.0 Å². The lowest BCUT2D eigenvalue weighted by atomic mass is 9.65. The molecule has 0 saturated carbocycles. The largest absolute Gasteiger partial charge is 0.444 e. The number of aliphatic hydroxyl groups excluding tert-OH is 1. The zero-order valence-corrected chi connectivity index (χ0v) is 15.6. The van der Waals surface area contributed by atoms with E-state index >= 15 is 0 Å². The molecular weight excluding hydrogens is 308 g/mol. The molecule has 0 bridgehead atoms. The van der Waals surface area contributed by atoms with E-state index in [-0.39, 0.29) is 24.2 Å². The molecule has 1 spiro atoms. The Morgan fingerprint density at radius 1 is 1.38 bits per heavy atom. The number of nitrogens with one attached hydrogen (secondary N) is 1. The Morgan fingerprint density at radius 2 is 2.04 bits per heavy atom. The molecule has 2 heterocycles. The molecule has 2 saturated heterocycles. The fourth-order valence-electron chi connectivity index (χ4n) is 3.73. The van der Waals surface area contributed by atoms with Gasteiger partial charge in [-0.25, -0.2) is 4.79 Å². The van der Waals surface area contributed by atoms with E-state index in [2.05, 4.69) is 5.32 Å². The molecule has 6 nitrogen and oxygen atoms in total. The summed E-state index contributed by atoms with van der Waals surface area (Å²) in [6.07, 6.45) is 2.88. The van der Waals surface area contributed by atoms with Gasteiger partial charge < -0.3 is 24.8 Å². The van der Waals surface area contributed by atoms with Crippen molar-refractivity contribution in [3.8, 4) is 0 Å². The molecule has 24 heavy (non-hydrogen) atoms. The Kier molecular flexibility index (Phi) is 6.51. The van der Waals surface area contributed by atoms with Crippen LogP contribution in [0.5, 0.6) is 0 Å². The monoisotopic (exact) mass is 342 g/mol. The Morgan fingerprint density at radius 3 is 2.62 bits per heavy atom. The molecule has 2 aliphatic rings. The van der Waals surface area contributed by atoms with Crippen LogP contribution in [0.15, 0.2) is 0 Å². The Hall–Kier alpha value is -0.850. The lowest BCUT2D eigenvalue weighted by molar-refractivity contribution is -0.0626. The number of amides is 1. The first-order valence-corrected chi connectivity index (χ1v) is 9.16. The third-order valence-corrected chi connectivity index (χ3v) is 5.31. The van der Waals surface area contributed by atoms with E-state index < -0.39 is 5.60 Å². The molecule has 0 aromatic rings. The van der Waals surface area contributed by atoms with E-state index in [1.807, 2.05) is 32.6 Å². The predicted octanol–water partition coefficient (Wildman–Crippen LogP) is 2.01. The average molecular weight is 342 g/mol. The van der Waals surface area contributed by atoms with Gasteiger partial charge in [0.25, 0.3) is 0 Å². The van der Waals surface area contributed by atoms with Gasteiger partial charge in [0.05, 0.1) is 6.61 Å². The minimum atomic E-state index is -0.468. The number of carbonyl (C=O) groups is 1. The first-order chi connectivity index (χ1) is 11.3. The van der Waals surface area contributed by atoms with Crippen molar-refractivity contribution in [1.29, 1.82) is 0 Å². The number of aliphatic hydroxyl groups is 1. The zero-order chi connectivity index (χ0) is 17.8. The van der Waals surface area contributed by atoms with Crippen LogP contribution in [0.25, 0.3) is 0 Å². The van der Waals surface area contributed by atoms with Gasteiger partial charge in [-0.1, -0.05) is 0 Å². The van der Waals surface area contributed by atoms with E-state index in [0.717, 1.165) is 45.6 Å². The van der Waals surface area contributed by atoms with Crippen LogP contribution in [-0.2, 0) is 9.47 Å². The number of likely N-dealkylation sites (tertiary alicyclic amines) is 1. The van der Waals surface area contributed by atoms with E-state index in [1.165, 1.54) is 0 Å². The lowest BCUT2D eigenvalue weighted by Crippen LogP contribution is -2.55. The summed E-state index contributed by atoms with van der Waals surface area (Å²) < 4.78 is 11.1. The minimum absolute atomic E-state index is 0.0683. The quantitative estimate of drug-likeness (QED) is 0.818. The minimum Gasteiger partial charge on any atom is -0.444 e. The van der Waals surface area contributed by atoms with Crippen LogP contribution in [-0.4, -0.2) is 67.2 Å². The summed E-state index contributed by atoms with van der Waals surface area (Å²) in [5, 5.41) is 12.7. The highest BCUT2D eigenvalue weighted by Crippen LogP contribution is 2.44. The molecule has 0 aromatic carbocycles. The molecule has 6 heteroatoms. The smallest absolute Gasteiger partial charge is 0.410 e. The van der Waals surface area contributed by atoms with Gasteiger partial charge in [-0.3, -0.25) is 0 Å². The van der Waals surface area contributed by atoms with Crippen LogP contribution >= 0.6 is 0 Å². The van der Waals surface area contributed by atoms with Crippen LogP contribution in [0.1, 0.15) is 47.0 Å². The summed E-state index contributed by atoms with van der Waals surface area (Å²) >= 11 is 0. The van der Waals surface area contributed by atoms with Gasteiger partial charge >= 0.3 is 6.09 Å². The molecule has 2 fully saturated rings. The molecular formula is C18H34N2O4. The van der Waals surface area contributed by atoms with Crippen molar-refractivity contribution in [2.24, 2.45) is 11.3 Å². The second-order valence-electron chi connectivity index (χ2n) is 8.34. The van der Waals surface area contributed by atoms with Gasteiger partial charge in [0.1, 0.15) is 5.60 Å². The van der Waals surface area contributed by atoms with Gasteiger partial charge in [-0.2, -0.15) is 0 Å². The van der Waals surface area contributed by atoms with Gasteiger partial charge in [0.2, 0.25) is 0 Å². The first kappa shape index (κ1) is 19.5. The Bertz CT molecular complexity index is 416. The maximum atomic E-state index is 12.4. The molecule has 2 atom stereocenters. The standard InChI is InChI=1S/C18H34N2O4/c1-14(13-21)19-11-15-12-20(16(22)24-17(2,3)4)8-5-18(15)6-9-23-10-7-18/h14-15,19,21H,5-13H2,1-4H3/t14-,15?/m0/s1. The van der Waals surface area contributed by atoms with E-state index in [1.54, 1.807) is 0 Å². The predicted molar refractivity (Wildman–Crippen MR) is 93.0 cm³/mol. The summed E-state index contributed by atoms with van der Waals surface area (Å²) in [4.78, 5) is 14.3. The third kappa shape index (κ3) is 5.07. The van der Waals surface area contributed by atoms with Gasteiger partial charge in [-0.05, 0) is 58.3 Å². The van der Waals surface area contributed by atoms with E-state index in [4.69, 9.17) is 9.47 Å². The molecule has 1 amide bonds. The van der Waals surface area contributed by atoms with Crippen LogP contribution < -0.4 is 5.32 Å². The molecule has 0 aliphatic carbocycles. The fraction of sp³-hybridized carbons (Fsp3) is 0.944. The van der Waals surface area contributed by atoms with Gasteiger partial charge in [0.15, 0.2) is 0 Å². The Balaban J connectivity index is 2.04. The maximum Gasteiger partial charge on any atom is 0.410 e. The molecule has 1 unspecified atom stereocenters. The van der Waals surface area contributed by atoms with Crippen molar-refractivity contribution in [3.63, 3.8) is 0 Å². The molecule has 2 N–H and O–H groups in total. The van der Waals surface area contributed by atoms with Crippen LogP contribution in [0.3, 0.4) is 0 Å². The second kappa shape index (κ2) is 8.02. The highest BCUT2D eigenvalue weighted by Gasteiger charge is 2.45. The Labute approximate surface area is 145 Å². The average Bonchev–Trinajstić information content (AvgIpc) is 2.53. The van der Waals surface area contributed by atoms with Crippen molar-refractivity contribution in [2.75, 3.05) is 39.5 Å². The SMILES string of the molecule is C[C@@H](CO)NCC1CN(C(=O)OC(C)(C)C)CCC12CCOCC2. The van der Waals surface area contributed by atoms with Crippen molar-refractivity contribution in [2.45, 2.75) is 58.6 Å². The van der Waals surface area contributed by atoms with Crippen molar-refractivity contribution in [3.05, 3.63) is 0 Å². The number of piperidine rings is 1. The molecule has 140 valence electrons. The van der Waals surface area contributed by atoms with Gasteiger partial charge in [0, 0.05) is 38.9 Å². The van der Waals surface area contributed by atoms with Crippen molar-refractivity contribution >= 4 is 6.09 Å². The van der Waals surface area contributed by atoms with Crippen LogP contribution in [0.2, 0.25) is 0 Å². The molecule has 2 rings (SSSR count). The molecule has 0 radical (unpaired) electrons. The number of ether oxygens (including phenoxy) is 2. The van der Waals surface area contributed by atoms with Crippen molar-refractivity contribution in [1.82, 2.24) is 10.2 Å². The summed E-state index contributed by atoms with van der Waals surface area (Å²) in [6.45, 7) is 11.7. The fourth-order valence-corrected chi connectivity index (χ4v) is 3.73. The number of rotatable bonds is 4. The second-order valence-corrected chi connectivity index (χ2v) is 8.34. The van der Waals surface area contributed by atoms with Crippen LogP contribution in [0.4, 0.5) is 4.79 Å². The number of nitrogens with zero attached hydrogens (tertiary/aromatic N) is 1. The van der Waals surface area contributed by atoms with Gasteiger partial charge in [-0.15, -0.1) is 0 Å². The molecule has 0 aromatic heterocycles. The first-order valence-electron chi connectivity index (χ1n) is 9.16. The third-order valence-electron chi connectivity index (χ3n) is 5.31. The van der Waals surface area contributed by atoms with Crippen molar-refractivity contribution < 1.29 is 19.4 Å². The zero-order valence-electron chi connectivity index (χ0n) is 15.6. The summed E-state index contributed by atoms with van der Waals surface area (Å²) in [5.41, 5.74) is -0.233.